The van der Waals surface area contributed by atoms with Crippen molar-refractivity contribution in [2.45, 2.75) is 29.8 Å². The largest absolute Gasteiger partial charge is 0.417 e. The van der Waals surface area contributed by atoms with Gasteiger partial charge >= 0.3 is 6.18 Å². The second-order valence-electron chi connectivity index (χ2n) is 6.66. The van der Waals surface area contributed by atoms with Gasteiger partial charge < -0.3 is 4.57 Å². The molecule has 3 heterocycles. The summed E-state index contributed by atoms with van der Waals surface area (Å²) in [6, 6.07) is 2.44. The fourth-order valence-electron chi connectivity index (χ4n) is 3.03. The standard InChI is InChI=1S/C17H16F3N5O2S/c1-21-28(26,27)13-5-10(9-3-4-9)7-22-14(13)16-24-12-6-11(17(18,19)20)8-23-15(12)25(16)2/h5-9,21H,3-4H2,1-2H3. The van der Waals surface area contributed by atoms with E-state index in [1.807, 2.05) is 0 Å². The summed E-state index contributed by atoms with van der Waals surface area (Å²) in [5, 5.41) is 0. The summed E-state index contributed by atoms with van der Waals surface area (Å²) in [4.78, 5) is 12.3. The van der Waals surface area contributed by atoms with Crippen LogP contribution in [0, 0.1) is 0 Å². The summed E-state index contributed by atoms with van der Waals surface area (Å²) >= 11 is 0. The molecule has 28 heavy (non-hydrogen) atoms. The summed E-state index contributed by atoms with van der Waals surface area (Å²) in [5.74, 6) is 0.404. The Hall–Kier alpha value is -2.53. The van der Waals surface area contributed by atoms with Crippen LogP contribution in [-0.2, 0) is 23.2 Å². The molecule has 148 valence electrons. The van der Waals surface area contributed by atoms with Crippen LogP contribution in [0.2, 0.25) is 0 Å². The minimum atomic E-state index is -4.55. The number of alkyl halides is 3. The quantitative estimate of drug-likeness (QED) is 0.713. The molecule has 3 aromatic heterocycles. The molecule has 0 bridgehead atoms. The van der Waals surface area contributed by atoms with E-state index in [4.69, 9.17) is 0 Å². The third-order valence-corrected chi connectivity index (χ3v) is 6.16. The first-order valence-corrected chi connectivity index (χ1v) is 9.93. The molecule has 1 fully saturated rings. The van der Waals surface area contributed by atoms with Crippen LogP contribution in [0.25, 0.3) is 22.7 Å². The number of rotatable bonds is 4. The minimum Gasteiger partial charge on any atom is -0.310 e. The zero-order chi connectivity index (χ0) is 20.3. The number of aryl methyl sites for hydroxylation is 1. The Labute approximate surface area is 158 Å². The number of hydrogen-bond donors (Lipinski definition) is 1. The molecule has 1 saturated carbocycles. The van der Waals surface area contributed by atoms with Gasteiger partial charge in [-0.3, -0.25) is 4.98 Å². The number of pyridine rings is 2. The van der Waals surface area contributed by atoms with E-state index in [-0.39, 0.29) is 33.5 Å². The van der Waals surface area contributed by atoms with E-state index in [1.165, 1.54) is 11.6 Å². The third-order valence-electron chi connectivity index (χ3n) is 4.73. The van der Waals surface area contributed by atoms with Gasteiger partial charge in [0.1, 0.15) is 16.1 Å². The van der Waals surface area contributed by atoms with Gasteiger partial charge in [-0.1, -0.05) is 0 Å². The lowest BCUT2D eigenvalue weighted by Crippen LogP contribution is -2.20. The average molecular weight is 411 g/mol. The molecule has 7 nitrogen and oxygen atoms in total. The summed E-state index contributed by atoms with van der Waals surface area (Å²) in [6.07, 6.45) is -0.297. The molecule has 0 atom stereocenters. The molecule has 1 aliphatic carbocycles. The van der Waals surface area contributed by atoms with E-state index in [9.17, 15) is 21.6 Å². The summed E-state index contributed by atoms with van der Waals surface area (Å²) in [6.45, 7) is 0. The van der Waals surface area contributed by atoms with Crippen LogP contribution in [0.15, 0.2) is 29.4 Å². The summed E-state index contributed by atoms with van der Waals surface area (Å²) in [5.41, 5.74) is 0.156. The molecule has 0 unspecified atom stereocenters. The monoisotopic (exact) mass is 411 g/mol. The molecular weight excluding hydrogens is 395 g/mol. The molecule has 4 rings (SSSR count). The molecule has 1 aliphatic rings. The van der Waals surface area contributed by atoms with Crippen molar-refractivity contribution in [3.8, 4) is 11.5 Å². The van der Waals surface area contributed by atoms with Crippen LogP contribution in [-0.4, -0.2) is 35.0 Å². The van der Waals surface area contributed by atoms with E-state index < -0.39 is 21.8 Å². The Balaban J connectivity index is 1.93. The van der Waals surface area contributed by atoms with Crippen LogP contribution in [0.3, 0.4) is 0 Å². The van der Waals surface area contributed by atoms with Crippen molar-refractivity contribution in [3.63, 3.8) is 0 Å². The van der Waals surface area contributed by atoms with E-state index in [0.717, 1.165) is 30.7 Å². The molecule has 11 heteroatoms. The Kier molecular flexibility index (Phi) is 4.19. The van der Waals surface area contributed by atoms with Crippen molar-refractivity contribution in [1.29, 1.82) is 0 Å². The molecule has 1 N–H and O–H groups in total. The van der Waals surface area contributed by atoms with Gasteiger partial charge in [-0.15, -0.1) is 0 Å². The Morgan fingerprint density at radius 2 is 1.89 bits per heavy atom. The van der Waals surface area contributed by atoms with Crippen LogP contribution in [0.4, 0.5) is 13.2 Å². The number of nitrogens with one attached hydrogen (secondary N) is 1. The predicted octanol–water partition coefficient (Wildman–Crippen LogP) is 2.83. The van der Waals surface area contributed by atoms with Crippen molar-refractivity contribution in [1.82, 2.24) is 24.2 Å². The lowest BCUT2D eigenvalue weighted by molar-refractivity contribution is -0.137. The maximum atomic E-state index is 13.0. The van der Waals surface area contributed by atoms with Gasteiger partial charge in [-0.2, -0.15) is 13.2 Å². The Bertz CT molecular complexity index is 1180. The molecule has 0 radical (unpaired) electrons. The van der Waals surface area contributed by atoms with Gasteiger partial charge in [-0.05, 0) is 43.5 Å². The normalized spacial score (nSPS) is 15.3. The second kappa shape index (κ2) is 6.24. The number of nitrogens with zero attached hydrogens (tertiary/aromatic N) is 4. The highest BCUT2D eigenvalue weighted by Crippen LogP contribution is 2.41. The zero-order valence-electron chi connectivity index (χ0n) is 14.9. The fraction of sp³-hybridized carbons (Fsp3) is 0.353. The van der Waals surface area contributed by atoms with Crippen LogP contribution >= 0.6 is 0 Å². The van der Waals surface area contributed by atoms with E-state index in [2.05, 4.69) is 19.7 Å². The SMILES string of the molecule is CNS(=O)(=O)c1cc(C2CC2)cnc1-c1nc2cc(C(F)(F)F)cnc2n1C. The van der Waals surface area contributed by atoms with E-state index in [1.54, 1.807) is 19.3 Å². The minimum absolute atomic E-state index is 0.00759. The molecule has 3 aromatic rings. The van der Waals surface area contributed by atoms with E-state index in [0.29, 0.717) is 0 Å². The molecule has 0 spiro atoms. The molecule has 0 aromatic carbocycles. The number of fused-ring (bicyclic) bond motifs is 1. The van der Waals surface area contributed by atoms with Crippen LogP contribution in [0.5, 0.6) is 0 Å². The van der Waals surface area contributed by atoms with Gasteiger partial charge in [0.25, 0.3) is 0 Å². The number of hydrogen-bond acceptors (Lipinski definition) is 5. The Morgan fingerprint density at radius 1 is 1.18 bits per heavy atom. The van der Waals surface area contributed by atoms with Crippen LogP contribution < -0.4 is 4.72 Å². The first-order valence-electron chi connectivity index (χ1n) is 8.45. The highest BCUT2D eigenvalue weighted by molar-refractivity contribution is 7.89. The van der Waals surface area contributed by atoms with Crippen LogP contribution in [0.1, 0.15) is 29.9 Å². The van der Waals surface area contributed by atoms with E-state index >= 15 is 0 Å². The average Bonchev–Trinajstić information content (AvgIpc) is 3.45. The summed E-state index contributed by atoms with van der Waals surface area (Å²) < 4.78 is 67.7. The maximum absolute atomic E-state index is 13.0. The van der Waals surface area contributed by atoms with Crippen molar-refractivity contribution in [2.75, 3.05) is 7.05 Å². The third kappa shape index (κ3) is 3.14. The van der Waals surface area contributed by atoms with Gasteiger partial charge in [-0.25, -0.2) is 23.1 Å². The highest BCUT2D eigenvalue weighted by Gasteiger charge is 2.33. The summed E-state index contributed by atoms with van der Waals surface area (Å²) in [7, 11) is -1.02. The predicted molar refractivity (Wildman–Crippen MR) is 95.0 cm³/mol. The number of imidazole rings is 1. The Morgan fingerprint density at radius 3 is 2.50 bits per heavy atom. The lowest BCUT2D eigenvalue weighted by Gasteiger charge is -2.11. The maximum Gasteiger partial charge on any atom is 0.417 e. The van der Waals surface area contributed by atoms with Crippen molar-refractivity contribution < 1.29 is 21.6 Å². The zero-order valence-corrected chi connectivity index (χ0v) is 15.8. The number of aromatic nitrogens is 4. The first-order chi connectivity index (χ1) is 13.1. The van der Waals surface area contributed by atoms with Gasteiger partial charge in [0, 0.05) is 19.4 Å². The van der Waals surface area contributed by atoms with Crippen molar-refractivity contribution in [2.24, 2.45) is 7.05 Å². The van der Waals surface area contributed by atoms with Crippen molar-refractivity contribution >= 4 is 21.2 Å². The lowest BCUT2D eigenvalue weighted by atomic mass is 10.2. The molecule has 0 amide bonds. The van der Waals surface area contributed by atoms with Gasteiger partial charge in [0.05, 0.1) is 5.56 Å². The van der Waals surface area contributed by atoms with Gasteiger partial charge in [0.2, 0.25) is 10.0 Å². The highest BCUT2D eigenvalue weighted by atomic mass is 32.2. The molecule has 0 saturated heterocycles. The second-order valence-corrected chi connectivity index (χ2v) is 8.51. The van der Waals surface area contributed by atoms with Crippen molar-refractivity contribution in [3.05, 3.63) is 35.7 Å². The molecule has 0 aliphatic heterocycles. The topological polar surface area (TPSA) is 89.8 Å². The fourth-order valence-corrected chi connectivity index (χ4v) is 3.93. The number of sulfonamides is 1. The van der Waals surface area contributed by atoms with Gasteiger partial charge in [0.15, 0.2) is 11.5 Å². The molecular formula is C17H16F3N5O2S. The number of halogens is 3. The smallest absolute Gasteiger partial charge is 0.310 e. The first kappa shape index (κ1) is 18.8.